The maximum atomic E-state index is 3.69. The SMILES string of the molecule is CCC(C)CC(CC)Nc1ccc(C)cc1C. The molecule has 1 N–H and O–H groups in total. The molecule has 17 heavy (non-hydrogen) atoms. The van der Waals surface area contributed by atoms with Crippen LogP contribution in [0.1, 0.15) is 51.2 Å². The van der Waals surface area contributed by atoms with Gasteiger partial charge in [0.05, 0.1) is 0 Å². The molecule has 2 atom stereocenters. The van der Waals surface area contributed by atoms with Gasteiger partial charge in [0.2, 0.25) is 0 Å². The maximum Gasteiger partial charge on any atom is 0.0372 e. The fraction of sp³-hybridized carbons (Fsp3) is 0.625. The first-order valence-electron chi connectivity index (χ1n) is 6.90. The first-order valence-corrected chi connectivity index (χ1v) is 6.90. The van der Waals surface area contributed by atoms with Crippen molar-refractivity contribution in [2.45, 2.75) is 59.9 Å². The average molecular weight is 233 g/mol. The van der Waals surface area contributed by atoms with Gasteiger partial charge in [-0.3, -0.25) is 0 Å². The van der Waals surface area contributed by atoms with Crippen molar-refractivity contribution in [1.82, 2.24) is 0 Å². The molecule has 1 nitrogen and oxygen atoms in total. The maximum absolute atomic E-state index is 3.69. The quantitative estimate of drug-likeness (QED) is 0.734. The van der Waals surface area contributed by atoms with Gasteiger partial charge in [0, 0.05) is 11.7 Å². The summed E-state index contributed by atoms with van der Waals surface area (Å²) < 4.78 is 0. The van der Waals surface area contributed by atoms with Crippen molar-refractivity contribution in [1.29, 1.82) is 0 Å². The van der Waals surface area contributed by atoms with Gasteiger partial charge in [-0.2, -0.15) is 0 Å². The van der Waals surface area contributed by atoms with Gasteiger partial charge < -0.3 is 5.32 Å². The molecule has 0 aromatic heterocycles. The minimum Gasteiger partial charge on any atom is -0.382 e. The summed E-state index contributed by atoms with van der Waals surface area (Å²) >= 11 is 0. The molecule has 0 fully saturated rings. The first kappa shape index (κ1) is 14.1. The summed E-state index contributed by atoms with van der Waals surface area (Å²) in [5.41, 5.74) is 3.99. The second kappa shape index (κ2) is 6.68. The Hall–Kier alpha value is -0.980. The summed E-state index contributed by atoms with van der Waals surface area (Å²) in [4.78, 5) is 0. The van der Waals surface area contributed by atoms with Crippen LogP contribution >= 0.6 is 0 Å². The molecule has 1 rings (SSSR count). The van der Waals surface area contributed by atoms with Crippen LogP contribution in [0.25, 0.3) is 0 Å². The highest BCUT2D eigenvalue weighted by Crippen LogP contribution is 2.21. The number of aryl methyl sites for hydroxylation is 2. The highest BCUT2D eigenvalue weighted by molar-refractivity contribution is 5.52. The molecule has 0 amide bonds. The van der Waals surface area contributed by atoms with E-state index < -0.39 is 0 Å². The standard InChI is InChI=1S/C16H27N/c1-6-12(3)11-15(7-2)17-16-9-8-13(4)10-14(16)5/h8-10,12,15,17H,6-7,11H2,1-5H3. The molecular formula is C16H27N. The third-order valence-corrected chi connectivity index (χ3v) is 3.62. The predicted molar refractivity (Wildman–Crippen MR) is 77.7 cm³/mol. The van der Waals surface area contributed by atoms with Crippen molar-refractivity contribution in [3.05, 3.63) is 29.3 Å². The van der Waals surface area contributed by atoms with Gasteiger partial charge in [-0.25, -0.2) is 0 Å². The van der Waals surface area contributed by atoms with E-state index in [0.717, 1.165) is 5.92 Å². The zero-order valence-electron chi connectivity index (χ0n) is 12.0. The number of benzene rings is 1. The summed E-state index contributed by atoms with van der Waals surface area (Å²) in [7, 11) is 0. The van der Waals surface area contributed by atoms with E-state index >= 15 is 0 Å². The van der Waals surface area contributed by atoms with Gasteiger partial charge in [0.1, 0.15) is 0 Å². The molecule has 0 radical (unpaired) electrons. The summed E-state index contributed by atoms with van der Waals surface area (Å²) in [5, 5.41) is 3.69. The van der Waals surface area contributed by atoms with Crippen LogP contribution in [0, 0.1) is 19.8 Å². The number of anilines is 1. The third kappa shape index (κ3) is 4.41. The van der Waals surface area contributed by atoms with Crippen LogP contribution in [-0.4, -0.2) is 6.04 Å². The average Bonchev–Trinajstić information content (AvgIpc) is 2.31. The Kier molecular flexibility index (Phi) is 5.54. The van der Waals surface area contributed by atoms with Crippen LogP contribution in [0.4, 0.5) is 5.69 Å². The van der Waals surface area contributed by atoms with Gasteiger partial charge >= 0.3 is 0 Å². The van der Waals surface area contributed by atoms with Crippen LogP contribution in [0.15, 0.2) is 18.2 Å². The Balaban J connectivity index is 2.67. The molecule has 1 aromatic carbocycles. The molecule has 0 aliphatic rings. The lowest BCUT2D eigenvalue weighted by Gasteiger charge is -2.22. The highest BCUT2D eigenvalue weighted by atomic mass is 14.9. The Morgan fingerprint density at radius 1 is 1.12 bits per heavy atom. The highest BCUT2D eigenvalue weighted by Gasteiger charge is 2.11. The van der Waals surface area contributed by atoms with E-state index in [1.807, 2.05) is 0 Å². The summed E-state index contributed by atoms with van der Waals surface area (Å²) in [6.45, 7) is 11.2. The van der Waals surface area contributed by atoms with Gasteiger partial charge in [0.25, 0.3) is 0 Å². The van der Waals surface area contributed by atoms with Gasteiger partial charge in [0.15, 0.2) is 0 Å². The lowest BCUT2D eigenvalue weighted by molar-refractivity contribution is 0.461. The van der Waals surface area contributed by atoms with Crippen LogP contribution in [-0.2, 0) is 0 Å². The van der Waals surface area contributed by atoms with E-state index in [-0.39, 0.29) is 0 Å². The molecule has 0 bridgehead atoms. The lowest BCUT2D eigenvalue weighted by Crippen LogP contribution is -2.21. The summed E-state index contributed by atoms with van der Waals surface area (Å²) in [5.74, 6) is 0.804. The van der Waals surface area contributed by atoms with Crippen LogP contribution in [0.3, 0.4) is 0 Å². The zero-order chi connectivity index (χ0) is 12.8. The summed E-state index contributed by atoms with van der Waals surface area (Å²) in [6, 6.07) is 7.25. The minimum absolute atomic E-state index is 0.603. The number of hydrogen-bond donors (Lipinski definition) is 1. The zero-order valence-corrected chi connectivity index (χ0v) is 12.0. The van der Waals surface area contributed by atoms with E-state index in [1.165, 1.54) is 36.1 Å². The van der Waals surface area contributed by atoms with Crippen molar-refractivity contribution in [3.8, 4) is 0 Å². The second-order valence-corrected chi connectivity index (χ2v) is 5.32. The largest absolute Gasteiger partial charge is 0.382 e. The molecule has 0 aliphatic heterocycles. The Morgan fingerprint density at radius 2 is 1.82 bits per heavy atom. The monoisotopic (exact) mass is 233 g/mol. The topological polar surface area (TPSA) is 12.0 Å². The van der Waals surface area contributed by atoms with E-state index in [1.54, 1.807) is 0 Å². The fourth-order valence-electron chi connectivity index (χ4n) is 2.18. The Bertz CT molecular complexity index is 343. The molecule has 0 aliphatic carbocycles. The Morgan fingerprint density at radius 3 is 2.35 bits per heavy atom. The molecule has 96 valence electrons. The van der Waals surface area contributed by atoms with Crippen molar-refractivity contribution in [2.75, 3.05) is 5.32 Å². The fourth-order valence-corrected chi connectivity index (χ4v) is 2.18. The second-order valence-electron chi connectivity index (χ2n) is 5.32. The first-order chi connectivity index (χ1) is 8.06. The van der Waals surface area contributed by atoms with E-state index in [4.69, 9.17) is 0 Å². The molecule has 0 spiro atoms. The molecule has 1 heteroatoms. The lowest BCUT2D eigenvalue weighted by atomic mass is 9.97. The molecule has 2 unspecified atom stereocenters. The summed E-state index contributed by atoms with van der Waals surface area (Å²) in [6.07, 6.45) is 3.73. The van der Waals surface area contributed by atoms with E-state index in [9.17, 15) is 0 Å². The van der Waals surface area contributed by atoms with Gasteiger partial charge in [-0.1, -0.05) is 44.9 Å². The number of rotatable bonds is 6. The third-order valence-electron chi connectivity index (χ3n) is 3.62. The predicted octanol–water partition coefficient (Wildman–Crippen LogP) is 4.93. The van der Waals surface area contributed by atoms with Crippen molar-refractivity contribution < 1.29 is 0 Å². The number of nitrogens with one attached hydrogen (secondary N) is 1. The molecule has 0 saturated carbocycles. The van der Waals surface area contributed by atoms with Crippen LogP contribution < -0.4 is 5.32 Å². The van der Waals surface area contributed by atoms with Gasteiger partial charge in [-0.05, 0) is 44.2 Å². The van der Waals surface area contributed by atoms with Crippen molar-refractivity contribution in [2.24, 2.45) is 5.92 Å². The molecular weight excluding hydrogens is 206 g/mol. The molecule has 0 saturated heterocycles. The molecule has 0 heterocycles. The van der Waals surface area contributed by atoms with Crippen molar-refractivity contribution >= 4 is 5.69 Å². The van der Waals surface area contributed by atoms with Crippen LogP contribution in [0.5, 0.6) is 0 Å². The Labute approximate surface area is 107 Å². The smallest absolute Gasteiger partial charge is 0.0372 e. The van der Waals surface area contributed by atoms with Crippen LogP contribution in [0.2, 0.25) is 0 Å². The van der Waals surface area contributed by atoms with E-state index in [0.29, 0.717) is 6.04 Å². The van der Waals surface area contributed by atoms with E-state index in [2.05, 4.69) is 58.1 Å². The molecule has 1 aromatic rings. The minimum atomic E-state index is 0.603. The number of hydrogen-bond acceptors (Lipinski definition) is 1. The van der Waals surface area contributed by atoms with Gasteiger partial charge in [-0.15, -0.1) is 0 Å². The van der Waals surface area contributed by atoms with Crippen molar-refractivity contribution in [3.63, 3.8) is 0 Å². The normalized spacial score (nSPS) is 14.4.